The van der Waals surface area contributed by atoms with Gasteiger partial charge in [0, 0.05) is 25.8 Å². The van der Waals surface area contributed by atoms with Crippen molar-refractivity contribution in [3.8, 4) is 0 Å². The summed E-state index contributed by atoms with van der Waals surface area (Å²) in [5.74, 6) is -0.361. The molecule has 0 fully saturated rings. The van der Waals surface area contributed by atoms with Gasteiger partial charge in [0.25, 0.3) is 0 Å². The van der Waals surface area contributed by atoms with E-state index in [2.05, 4.69) is 29.4 Å². The van der Waals surface area contributed by atoms with Crippen LogP contribution >= 0.6 is 11.6 Å². The van der Waals surface area contributed by atoms with Crippen LogP contribution in [-0.2, 0) is 6.54 Å². The highest BCUT2D eigenvalue weighted by molar-refractivity contribution is 6.30. The molecule has 2 aromatic carbocycles. The van der Waals surface area contributed by atoms with E-state index in [0.717, 1.165) is 25.1 Å². The first-order chi connectivity index (χ1) is 10.2. The lowest BCUT2D eigenvalue weighted by atomic mass is 10.2. The standard InChI is InChI=1S/C17H20ClFN2/c1-21(15-6-3-2-4-7-15)11-5-10-20-13-14-8-9-16(18)17(19)12-14/h2-4,6-9,12,20H,5,10-11,13H2,1H3. The minimum absolute atomic E-state index is 0.170. The summed E-state index contributed by atoms with van der Waals surface area (Å²) in [6, 6.07) is 15.2. The molecule has 0 aliphatic rings. The summed E-state index contributed by atoms with van der Waals surface area (Å²) in [4.78, 5) is 2.23. The van der Waals surface area contributed by atoms with Gasteiger partial charge in [0.1, 0.15) is 5.82 Å². The number of halogens is 2. The van der Waals surface area contributed by atoms with Crippen molar-refractivity contribution >= 4 is 17.3 Å². The lowest BCUT2D eigenvalue weighted by Crippen LogP contribution is -2.23. The molecule has 4 heteroatoms. The van der Waals surface area contributed by atoms with Crippen LogP contribution in [-0.4, -0.2) is 20.1 Å². The van der Waals surface area contributed by atoms with Gasteiger partial charge in [-0.3, -0.25) is 0 Å². The Morgan fingerprint density at radius 2 is 1.90 bits per heavy atom. The SMILES string of the molecule is CN(CCCNCc1ccc(Cl)c(F)c1)c1ccccc1. The first-order valence-corrected chi connectivity index (χ1v) is 7.45. The van der Waals surface area contributed by atoms with Crippen LogP contribution in [0.3, 0.4) is 0 Å². The molecule has 0 aromatic heterocycles. The summed E-state index contributed by atoms with van der Waals surface area (Å²) in [5, 5.41) is 3.49. The van der Waals surface area contributed by atoms with E-state index in [0.29, 0.717) is 6.54 Å². The maximum atomic E-state index is 13.3. The van der Waals surface area contributed by atoms with Gasteiger partial charge in [-0.05, 0) is 42.8 Å². The van der Waals surface area contributed by atoms with Crippen LogP contribution in [0.25, 0.3) is 0 Å². The maximum Gasteiger partial charge on any atom is 0.142 e. The highest BCUT2D eigenvalue weighted by Crippen LogP contribution is 2.15. The monoisotopic (exact) mass is 306 g/mol. The summed E-state index contributed by atoms with van der Waals surface area (Å²) in [5.41, 5.74) is 2.13. The summed E-state index contributed by atoms with van der Waals surface area (Å²) in [7, 11) is 2.09. The second-order valence-electron chi connectivity index (χ2n) is 5.04. The van der Waals surface area contributed by atoms with Crippen molar-refractivity contribution in [1.29, 1.82) is 0 Å². The second-order valence-corrected chi connectivity index (χ2v) is 5.44. The number of hydrogen-bond acceptors (Lipinski definition) is 2. The molecule has 0 amide bonds. The van der Waals surface area contributed by atoms with Gasteiger partial charge in [0.15, 0.2) is 0 Å². The smallest absolute Gasteiger partial charge is 0.142 e. The first kappa shape index (κ1) is 15.8. The molecule has 0 heterocycles. The zero-order valence-electron chi connectivity index (χ0n) is 12.2. The average Bonchev–Trinajstić information content (AvgIpc) is 2.51. The van der Waals surface area contributed by atoms with Crippen molar-refractivity contribution < 1.29 is 4.39 Å². The van der Waals surface area contributed by atoms with Gasteiger partial charge in [-0.2, -0.15) is 0 Å². The number of para-hydroxylation sites is 1. The fourth-order valence-corrected chi connectivity index (χ4v) is 2.25. The Bertz CT molecular complexity index is 560. The van der Waals surface area contributed by atoms with Crippen LogP contribution < -0.4 is 10.2 Å². The third-order valence-electron chi connectivity index (χ3n) is 3.36. The van der Waals surface area contributed by atoms with E-state index >= 15 is 0 Å². The molecule has 112 valence electrons. The molecule has 0 saturated carbocycles. The summed E-state index contributed by atoms with van der Waals surface area (Å²) in [6.45, 7) is 2.52. The Labute approximate surface area is 130 Å². The predicted octanol–water partition coefficient (Wildman–Crippen LogP) is 4.10. The van der Waals surface area contributed by atoms with Crippen molar-refractivity contribution in [1.82, 2.24) is 5.32 Å². The number of hydrogen-bond donors (Lipinski definition) is 1. The van der Waals surface area contributed by atoms with E-state index in [1.807, 2.05) is 24.3 Å². The molecule has 0 aliphatic carbocycles. The number of rotatable bonds is 7. The molecule has 2 rings (SSSR count). The van der Waals surface area contributed by atoms with Crippen LogP contribution in [0, 0.1) is 5.82 Å². The molecule has 21 heavy (non-hydrogen) atoms. The lowest BCUT2D eigenvalue weighted by molar-refractivity contribution is 0.616. The van der Waals surface area contributed by atoms with Crippen molar-refractivity contribution in [3.05, 3.63) is 64.9 Å². The Morgan fingerprint density at radius 3 is 2.62 bits per heavy atom. The topological polar surface area (TPSA) is 15.3 Å². The van der Waals surface area contributed by atoms with E-state index < -0.39 is 0 Å². The van der Waals surface area contributed by atoms with E-state index in [-0.39, 0.29) is 10.8 Å². The molecule has 0 aliphatic heterocycles. The third-order valence-corrected chi connectivity index (χ3v) is 3.66. The molecule has 0 atom stereocenters. The largest absolute Gasteiger partial charge is 0.375 e. The van der Waals surface area contributed by atoms with Crippen LogP contribution in [0.1, 0.15) is 12.0 Å². The van der Waals surface area contributed by atoms with Crippen LogP contribution in [0.4, 0.5) is 10.1 Å². The van der Waals surface area contributed by atoms with E-state index in [9.17, 15) is 4.39 Å². The number of benzene rings is 2. The van der Waals surface area contributed by atoms with Crippen molar-refractivity contribution in [3.63, 3.8) is 0 Å². The predicted molar refractivity (Wildman–Crippen MR) is 87.4 cm³/mol. The molecule has 0 spiro atoms. The van der Waals surface area contributed by atoms with Crippen molar-refractivity contribution in [2.45, 2.75) is 13.0 Å². The van der Waals surface area contributed by atoms with Gasteiger partial charge in [0.2, 0.25) is 0 Å². The minimum atomic E-state index is -0.361. The van der Waals surface area contributed by atoms with Gasteiger partial charge in [0.05, 0.1) is 5.02 Å². The zero-order chi connectivity index (χ0) is 15.1. The second kappa shape index (κ2) is 8.01. The Hall–Kier alpha value is -1.58. The molecule has 0 radical (unpaired) electrons. The number of anilines is 1. The molecule has 1 N–H and O–H groups in total. The van der Waals surface area contributed by atoms with E-state index in [1.54, 1.807) is 6.07 Å². The number of nitrogens with zero attached hydrogens (tertiary/aromatic N) is 1. The highest BCUT2D eigenvalue weighted by Gasteiger charge is 2.01. The summed E-state index contributed by atoms with van der Waals surface area (Å²) >= 11 is 5.66. The molecule has 0 bridgehead atoms. The van der Waals surface area contributed by atoms with Gasteiger partial charge in [-0.1, -0.05) is 35.9 Å². The quantitative estimate of drug-likeness (QED) is 0.775. The molecular weight excluding hydrogens is 287 g/mol. The Kier molecular flexibility index (Phi) is 6.03. The molecule has 2 nitrogen and oxygen atoms in total. The van der Waals surface area contributed by atoms with Crippen LogP contribution in [0.15, 0.2) is 48.5 Å². The van der Waals surface area contributed by atoms with E-state index in [4.69, 9.17) is 11.6 Å². The fraction of sp³-hybridized carbons (Fsp3) is 0.294. The highest BCUT2D eigenvalue weighted by atomic mass is 35.5. The van der Waals surface area contributed by atoms with Gasteiger partial charge >= 0.3 is 0 Å². The van der Waals surface area contributed by atoms with Crippen molar-refractivity contribution in [2.24, 2.45) is 0 Å². The Morgan fingerprint density at radius 1 is 1.14 bits per heavy atom. The molecule has 0 unspecified atom stereocenters. The lowest BCUT2D eigenvalue weighted by Gasteiger charge is -2.19. The van der Waals surface area contributed by atoms with E-state index in [1.165, 1.54) is 11.8 Å². The van der Waals surface area contributed by atoms with Gasteiger partial charge in [-0.25, -0.2) is 4.39 Å². The normalized spacial score (nSPS) is 10.6. The maximum absolute atomic E-state index is 13.3. The summed E-state index contributed by atoms with van der Waals surface area (Å²) < 4.78 is 13.3. The third kappa shape index (κ3) is 5.03. The van der Waals surface area contributed by atoms with Crippen LogP contribution in [0.5, 0.6) is 0 Å². The first-order valence-electron chi connectivity index (χ1n) is 7.07. The van der Waals surface area contributed by atoms with Gasteiger partial charge in [-0.15, -0.1) is 0 Å². The molecule has 2 aromatic rings. The average molecular weight is 307 g/mol. The number of nitrogens with one attached hydrogen (secondary N) is 1. The van der Waals surface area contributed by atoms with Gasteiger partial charge < -0.3 is 10.2 Å². The summed E-state index contributed by atoms with van der Waals surface area (Å²) in [6.07, 6.45) is 1.03. The fourth-order valence-electron chi connectivity index (χ4n) is 2.14. The molecule has 0 saturated heterocycles. The van der Waals surface area contributed by atoms with Crippen LogP contribution in [0.2, 0.25) is 5.02 Å². The molecular formula is C17H20ClFN2. The minimum Gasteiger partial charge on any atom is -0.375 e. The zero-order valence-corrected chi connectivity index (χ0v) is 12.9. The van der Waals surface area contributed by atoms with Crippen molar-refractivity contribution in [2.75, 3.05) is 25.0 Å². The Balaban J connectivity index is 1.67.